The molecule has 2 unspecified atom stereocenters. The average Bonchev–Trinajstić information content (AvgIpc) is 3.26. The molecule has 1 saturated heterocycles. The Balaban J connectivity index is 1.41. The van der Waals surface area contributed by atoms with Gasteiger partial charge in [0.2, 0.25) is 10.0 Å². The van der Waals surface area contributed by atoms with Crippen LogP contribution in [0.1, 0.15) is 57.3 Å². The van der Waals surface area contributed by atoms with Crippen molar-refractivity contribution in [1.29, 1.82) is 0 Å². The largest absolute Gasteiger partial charge is 0.492 e. The molecule has 2 atom stereocenters. The van der Waals surface area contributed by atoms with Gasteiger partial charge in [-0.25, -0.2) is 8.42 Å². The number of aromatic nitrogens is 1. The van der Waals surface area contributed by atoms with Gasteiger partial charge in [-0.05, 0) is 73.4 Å². The zero-order valence-electron chi connectivity index (χ0n) is 21.4. The summed E-state index contributed by atoms with van der Waals surface area (Å²) in [6, 6.07) is 12.0. The van der Waals surface area contributed by atoms with Gasteiger partial charge in [0.15, 0.2) is 4.80 Å². The second-order valence-electron chi connectivity index (χ2n) is 11.2. The summed E-state index contributed by atoms with van der Waals surface area (Å²) in [6.45, 7) is 9.68. The molecule has 192 valence electrons. The maximum absolute atomic E-state index is 13.5. The minimum atomic E-state index is -3.64. The first-order valence-corrected chi connectivity index (χ1v) is 14.6. The summed E-state index contributed by atoms with van der Waals surface area (Å²) in [5.41, 5.74) is 1.39. The molecule has 7 nitrogen and oxygen atoms in total. The summed E-state index contributed by atoms with van der Waals surface area (Å²) in [6.07, 6.45) is 2.80. The van der Waals surface area contributed by atoms with Gasteiger partial charge in [-0.1, -0.05) is 38.2 Å². The van der Waals surface area contributed by atoms with Crippen LogP contribution in [0, 0.1) is 10.8 Å². The fourth-order valence-corrected chi connectivity index (χ4v) is 9.10. The van der Waals surface area contributed by atoms with Crippen LogP contribution in [0.25, 0.3) is 10.2 Å². The molecule has 0 spiro atoms. The summed E-state index contributed by atoms with van der Waals surface area (Å²) < 4.78 is 37.3. The van der Waals surface area contributed by atoms with Crippen molar-refractivity contribution in [3.8, 4) is 5.75 Å². The van der Waals surface area contributed by atoms with Gasteiger partial charge in [-0.15, -0.1) is 0 Å². The smallest absolute Gasteiger partial charge is 0.279 e. The van der Waals surface area contributed by atoms with Crippen molar-refractivity contribution in [2.24, 2.45) is 22.9 Å². The molecule has 36 heavy (non-hydrogen) atoms. The maximum atomic E-state index is 13.5. The number of sulfonamides is 1. The molecule has 0 radical (unpaired) electrons. The Morgan fingerprint density at radius 1 is 1.14 bits per heavy atom. The van der Waals surface area contributed by atoms with E-state index in [1.165, 1.54) is 23.5 Å². The van der Waals surface area contributed by atoms with Crippen molar-refractivity contribution < 1.29 is 17.9 Å². The number of amides is 1. The normalized spacial score (nSPS) is 24.4. The molecular weight excluding hydrogens is 494 g/mol. The quantitative estimate of drug-likeness (QED) is 0.469. The van der Waals surface area contributed by atoms with Crippen LogP contribution in [0.2, 0.25) is 0 Å². The Labute approximate surface area is 216 Å². The Hall–Kier alpha value is -2.49. The third-order valence-electron chi connectivity index (χ3n) is 7.36. The summed E-state index contributed by atoms with van der Waals surface area (Å²) >= 11 is 1.41. The van der Waals surface area contributed by atoms with Gasteiger partial charge < -0.3 is 9.30 Å². The number of thiazole rings is 1. The molecule has 2 aliphatic rings. The van der Waals surface area contributed by atoms with E-state index in [1.54, 1.807) is 16.4 Å². The molecule has 1 aromatic heterocycles. The number of hydrogen-bond acceptors (Lipinski definition) is 5. The first-order chi connectivity index (χ1) is 16.9. The highest BCUT2D eigenvalue weighted by Crippen LogP contribution is 2.53. The predicted octanol–water partition coefficient (Wildman–Crippen LogP) is 4.97. The van der Waals surface area contributed by atoms with Crippen molar-refractivity contribution in [3.63, 3.8) is 0 Å². The SMILES string of the molecule is CCOc1cccc2sc(=NC(=O)c3ccc(S(=O)(=O)N4CC5(C)CC4CC(C)(C)C5)cc3)n(C)c12. The molecule has 1 aliphatic carbocycles. The highest BCUT2D eigenvalue weighted by atomic mass is 32.2. The molecular formula is C27H33N3O4S2. The first kappa shape index (κ1) is 25.2. The van der Waals surface area contributed by atoms with E-state index in [9.17, 15) is 13.2 Å². The van der Waals surface area contributed by atoms with E-state index >= 15 is 0 Å². The highest BCUT2D eigenvalue weighted by Gasteiger charge is 2.53. The summed E-state index contributed by atoms with van der Waals surface area (Å²) in [5.74, 6) is 0.339. The molecule has 2 fully saturated rings. The van der Waals surface area contributed by atoms with Gasteiger partial charge in [0, 0.05) is 25.2 Å². The molecule has 2 heterocycles. The van der Waals surface area contributed by atoms with Crippen LogP contribution in [0.4, 0.5) is 0 Å². The topological polar surface area (TPSA) is 81.0 Å². The first-order valence-electron chi connectivity index (χ1n) is 12.3. The highest BCUT2D eigenvalue weighted by molar-refractivity contribution is 7.89. The fraction of sp³-hybridized carbons (Fsp3) is 0.481. The number of carbonyl (C=O) groups is 1. The number of fused-ring (bicyclic) bond motifs is 3. The van der Waals surface area contributed by atoms with Crippen molar-refractivity contribution in [2.45, 2.75) is 57.9 Å². The average molecular weight is 528 g/mol. The number of rotatable bonds is 5. The van der Waals surface area contributed by atoms with Crippen LogP contribution < -0.4 is 9.54 Å². The van der Waals surface area contributed by atoms with E-state index in [2.05, 4.69) is 25.8 Å². The van der Waals surface area contributed by atoms with Crippen LogP contribution >= 0.6 is 11.3 Å². The lowest BCUT2D eigenvalue weighted by Crippen LogP contribution is -2.37. The summed E-state index contributed by atoms with van der Waals surface area (Å²) in [4.78, 5) is 18.1. The number of carbonyl (C=O) groups excluding carboxylic acids is 1. The lowest BCUT2D eigenvalue weighted by atomic mass is 9.65. The van der Waals surface area contributed by atoms with E-state index in [-0.39, 0.29) is 21.8 Å². The predicted molar refractivity (Wildman–Crippen MR) is 142 cm³/mol. The van der Waals surface area contributed by atoms with E-state index in [1.807, 2.05) is 36.7 Å². The lowest BCUT2D eigenvalue weighted by molar-refractivity contribution is 0.0997. The third kappa shape index (κ3) is 4.41. The Bertz CT molecular complexity index is 1500. The van der Waals surface area contributed by atoms with Gasteiger partial charge in [0.05, 0.1) is 16.2 Å². The number of aryl methyl sites for hydroxylation is 1. The molecule has 5 rings (SSSR count). The monoisotopic (exact) mass is 527 g/mol. The Kier molecular flexibility index (Phi) is 6.16. The number of ether oxygens (including phenoxy) is 1. The summed E-state index contributed by atoms with van der Waals surface area (Å²) in [7, 11) is -1.78. The van der Waals surface area contributed by atoms with Crippen LogP contribution in [0.15, 0.2) is 52.4 Å². The standard InChI is InChI=1S/C27H33N3O4S2/c1-6-34-21-8-7-9-22-23(21)29(5)25(35-22)28-24(31)18-10-12-20(13-11-18)36(32,33)30-17-27(4)15-19(30)14-26(2,3)16-27/h7-13,19H,6,14-17H2,1-5H3. The van der Waals surface area contributed by atoms with E-state index in [0.717, 1.165) is 35.2 Å². The zero-order valence-corrected chi connectivity index (χ0v) is 23.1. The minimum Gasteiger partial charge on any atom is -0.492 e. The number of hydrogen-bond donors (Lipinski definition) is 0. The summed E-state index contributed by atoms with van der Waals surface area (Å²) in [5, 5.41) is 0. The second-order valence-corrected chi connectivity index (χ2v) is 14.1. The van der Waals surface area contributed by atoms with Crippen molar-refractivity contribution in [1.82, 2.24) is 8.87 Å². The van der Waals surface area contributed by atoms with Crippen LogP contribution in [0.5, 0.6) is 5.75 Å². The van der Waals surface area contributed by atoms with Crippen LogP contribution in [-0.2, 0) is 17.1 Å². The fourth-order valence-electron chi connectivity index (χ4n) is 6.29. The van der Waals surface area contributed by atoms with Gasteiger partial charge >= 0.3 is 0 Å². The van der Waals surface area contributed by atoms with Gasteiger partial charge in [0.25, 0.3) is 5.91 Å². The van der Waals surface area contributed by atoms with Crippen LogP contribution in [-0.4, -0.2) is 42.4 Å². The Morgan fingerprint density at radius 2 is 1.86 bits per heavy atom. The third-order valence-corrected chi connectivity index (χ3v) is 10.4. The molecule has 2 bridgehead atoms. The van der Waals surface area contributed by atoms with Gasteiger partial charge in [-0.2, -0.15) is 9.30 Å². The van der Waals surface area contributed by atoms with Crippen molar-refractivity contribution in [2.75, 3.05) is 13.2 Å². The van der Waals surface area contributed by atoms with Gasteiger partial charge in [0.1, 0.15) is 11.3 Å². The lowest BCUT2D eigenvalue weighted by Gasteiger charge is -2.39. The number of benzene rings is 2. The number of para-hydroxylation sites is 1. The van der Waals surface area contributed by atoms with E-state index in [0.29, 0.717) is 23.5 Å². The van der Waals surface area contributed by atoms with Crippen LogP contribution in [0.3, 0.4) is 0 Å². The van der Waals surface area contributed by atoms with E-state index < -0.39 is 15.9 Å². The Morgan fingerprint density at radius 3 is 2.56 bits per heavy atom. The molecule has 1 aliphatic heterocycles. The molecule has 9 heteroatoms. The zero-order chi connectivity index (χ0) is 25.9. The second kappa shape index (κ2) is 8.82. The maximum Gasteiger partial charge on any atom is 0.279 e. The minimum absolute atomic E-state index is 0.0100. The van der Waals surface area contributed by atoms with E-state index in [4.69, 9.17) is 4.74 Å². The van der Waals surface area contributed by atoms with Crippen molar-refractivity contribution in [3.05, 3.63) is 52.8 Å². The molecule has 2 aromatic carbocycles. The number of nitrogens with zero attached hydrogens (tertiary/aromatic N) is 3. The molecule has 0 N–H and O–H groups in total. The molecule has 3 aromatic rings. The van der Waals surface area contributed by atoms with Crippen molar-refractivity contribution >= 4 is 37.5 Å². The molecule has 1 amide bonds. The van der Waals surface area contributed by atoms with Gasteiger partial charge in [-0.3, -0.25) is 4.79 Å². The molecule has 1 saturated carbocycles.